The lowest BCUT2D eigenvalue weighted by molar-refractivity contribution is 0.955. The Morgan fingerprint density at radius 2 is 1.91 bits per heavy atom. The van der Waals surface area contributed by atoms with Gasteiger partial charge in [0.25, 0.3) is 5.56 Å². The molecule has 0 amide bonds. The normalized spacial score (nSPS) is 11.4. The number of aromatic amines is 1. The molecule has 0 unspecified atom stereocenters. The number of hydrogen-bond donors (Lipinski definition) is 1. The van der Waals surface area contributed by atoms with Gasteiger partial charge < -0.3 is 0 Å². The monoisotopic (exact) mass is 322 g/mol. The molecular formula is C17H14N4OS. The fourth-order valence-electron chi connectivity index (χ4n) is 2.89. The first kappa shape index (κ1) is 13.9. The van der Waals surface area contributed by atoms with E-state index < -0.39 is 0 Å². The van der Waals surface area contributed by atoms with Crippen LogP contribution in [0.4, 0.5) is 0 Å². The molecule has 0 bridgehead atoms. The average Bonchev–Trinajstić information content (AvgIpc) is 2.93. The molecule has 5 nitrogen and oxygen atoms in total. The number of aryl methyl sites for hydroxylation is 2. The number of benzene rings is 2. The van der Waals surface area contributed by atoms with Gasteiger partial charge in [0.05, 0.1) is 16.6 Å². The van der Waals surface area contributed by atoms with Gasteiger partial charge in [-0.3, -0.25) is 9.20 Å². The Morgan fingerprint density at radius 3 is 2.74 bits per heavy atom. The second-order valence-corrected chi connectivity index (χ2v) is 6.00. The van der Waals surface area contributed by atoms with E-state index in [9.17, 15) is 4.79 Å². The molecule has 0 spiro atoms. The zero-order valence-electron chi connectivity index (χ0n) is 12.7. The molecule has 0 aliphatic rings. The standard InChI is InChI=1S/C17H14N4OS/c1-10-7-8-11(2)14(9-10)20-15(22)12-5-3-4-6-13(12)21-16(20)18-19-17(21)23/h3-9H,1-2H3,(H,19,23). The number of hydrogen-bond acceptors (Lipinski definition) is 3. The third-order valence-corrected chi connectivity index (χ3v) is 4.31. The number of aromatic nitrogens is 4. The van der Waals surface area contributed by atoms with Gasteiger partial charge in [-0.05, 0) is 55.4 Å². The van der Waals surface area contributed by atoms with E-state index in [0.29, 0.717) is 15.9 Å². The third-order valence-electron chi connectivity index (χ3n) is 4.04. The number of nitrogens with zero attached hydrogens (tertiary/aromatic N) is 3. The largest absolute Gasteiger partial charge is 0.268 e. The highest BCUT2D eigenvalue weighted by molar-refractivity contribution is 7.71. The Bertz CT molecular complexity index is 1180. The van der Waals surface area contributed by atoms with Crippen LogP contribution in [0, 0.1) is 18.6 Å². The lowest BCUT2D eigenvalue weighted by Crippen LogP contribution is -2.22. The summed E-state index contributed by atoms with van der Waals surface area (Å²) in [6.07, 6.45) is 0. The second-order valence-electron chi connectivity index (χ2n) is 5.61. The predicted octanol–water partition coefficient (Wildman–Crippen LogP) is 3.31. The van der Waals surface area contributed by atoms with Crippen LogP contribution in [-0.4, -0.2) is 19.2 Å². The SMILES string of the molecule is Cc1ccc(C)c(-n2c(=O)c3ccccc3n3c(=S)[nH]nc23)c1. The lowest BCUT2D eigenvalue weighted by atomic mass is 10.1. The third kappa shape index (κ3) is 1.95. The Kier molecular flexibility index (Phi) is 2.96. The molecule has 6 heteroatoms. The zero-order chi connectivity index (χ0) is 16.1. The summed E-state index contributed by atoms with van der Waals surface area (Å²) < 4.78 is 3.89. The molecule has 0 atom stereocenters. The van der Waals surface area contributed by atoms with Crippen LogP contribution in [0.5, 0.6) is 0 Å². The van der Waals surface area contributed by atoms with E-state index in [2.05, 4.69) is 10.2 Å². The first-order valence-corrected chi connectivity index (χ1v) is 7.67. The van der Waals surface area contributed by atoms with Gasteiger partial charge in [-0.1, -0.05) is 24.3 Å². The number of nitrogens with one attached hydrogen (secondary N) is 1. The van der Waals surface area contributed by atoms with E-state index in [1.807, 2.05) is 56.3 Å². The van der Waals surface area contributed by atoms with Crippen molar-refractivity contribution >= 4 is 28.9 Å². The maximum Gasteiger partial charge on any atom is 0.267 e. The van der Waals surface area contributed by atoms with Crippen LogP contribution < -0.4 is 5.56 Å². The molecule has 2 aromatic carbocycles. The second kappa shape index (κ2) is 4.89. The van der Waals surface area contributed by atoms with Crippen molar-refractivity contribution in [3.63, 3.8) is 0 Å². The molecule has 0 radical (unpaired) electrons. The molecular weight excluding hydrogens is 308 g/mol. The summed E-state index contributed by atoms with van der Waals surface area (Å²) in [6, 6.07) is 13.5. The molecule has 4 aromatic rings. The summed E-state index contributed by atoms with van der Waals surface area (Å²) in [5, 5.41) is 7.69. The fraction of sp³-hybridized carbons (Fsp3) is 0.118. The zero-order valence-corrected chi connectivity index (χ0v) is 13.5. The minimum atomic E-state index is -0.101. The van der Waals surface area contributed by atoms with Crippen molar-refractivity contribution in [2.75, 3.05) is 0 Å². The molecule has 0 aliphatic carbocycles. The number of fused-ring (bicyclic) bond motifs is 3. The smallest absolute Gasteiger partial charge is 0.267 e. The fourth-order valence-corrected chi connectivity index (χ4v) is 3.12. The Labute approximate surface area is 136 Å². The molecule has 4 rings (SSSR count). The Morgan fingerprint density at radius 1 is 1.13 bits per heavy atom. The molecule has 0 aliphatic heterocycles. The lowest BCUT2D eigenvalue weighted by Gasteiger charge is -2.13. The van der Waals surface area contributed by atoms with Crippen molar-refractivity contribution < 1.29 is 0 Å². The van der Waals surface area contributed by atoms with Crippen LogP contribution in [0.3, 0.4) is 0 Å². The number of para-hydroxylation sites is 1. The molecule has 2 heterocycles. The van der Waals surface area contributed by atoms with Gasteiger partial charge in [0, 0.05) is 0 Å². The van der Waals surface area contributed by atoms with Crippen molar-refractivity contribution in [3.8, 4) is 5.69 Å². The number of rotatable bonds is 1. The quantitative estimate of drug-likeness (QED) is 0.547. The molecule has 0 saturated heterocycles. The minimum absolute atomic E-state index is 0.101. The summed E-state index contributed by atoms with van der Waals surface area (Å²) in [7, 11) is 0. The summed E-state index contributed by atoms with van der Waals surface area (Å²) >= 11 is 5.36. The van der Waals surface area contributed by atoms with Gasteiger partial charge in [-0.15, -0.1) is 5.10 Å². The summed E-state index contributed by atoms with van der Waals surface area (Å²) in [5.41, 5.74) is 3.56. The van der Waals surface area contributed by atoms with Crippen LogP contribution in [0.2, 0.25) is 0 Å². The summed E-state index contributed by atoms with van der Waals surface area (Å²) in [4.78, 5) is 13.1. The maximum absolute atomic E-state index is 13.1. The maximum atomic E-state index is 13.1. The van der Waals surface area contributed by atoms with Crippen molar-refractivity contribution in [2.24, 2.45) is 0 Å². The highest BCUT2D eigenvalue weighted by Gasteiger charge is 2.15. The minimum Gasteiger partial charge on any atom is -0.268 e. The van der Waals surface area contributed by atoms with Crippen LogP contribution in [0.1, 0.15) is 11.1 Å². The van der Waals surface area contributed by atoms with E-state index in [0.717, 1.165) is 22.3 Å². The van der Waals surface area contributed by atoms with Crippen molar-refractivity contribution in [1.82, 2.24) is 19.2 Å². The Balaban J connectivity index is 2.31. The summed E-state index contributed by atoms with van der Waals surface area (Å²) in [5.74, 6) is 0.493. The topological polar surface area (TPSA) is 55.1 Å². The van der Waals surface area contributed by atoms with Crippen LogP contribution in [0.25, 0.3) is 22.4 Å². The van der Waals surface area contributed by atoms with Crippen molar-refractivity contribution in [3.05, 3.63) is 68.7 Å². The van der Waals surface area contributed by atoms with Crippen LogP contribution in [-0.2, 0) is 0 Å². The van der Waals surface area contributed by atoms with Gasteiger partial charge in [-0.2, -0.15) is 0 Å². The van der Waals surface area contributed by atoms with Crippen LogP contribution >= 0.6 is 12.2 Å². The van der Waals surface area contributed by atoms with Gasteiger partial charge in [0.1, 0.15) is 0 Å². The van der Waals surface area contributed by atoms with Crippen LogP contribution in [0.15, 0.2) is 47.3 Å². The first-order valence-electron chi connectivity index (χ1n) is 7.26. The molecule has 2 aromatic heterocycles. The van der Waals surface area contributed by atoms with Crippen molar-refractivity contribution in [2.45, 2.75) is 13.8 Å². The van der Waals surface area contributed by atoms with E-state index in [1.165, 1.54) is 0 Å². The first-order chi connectivity index (χ1) is 11.1. The Hall–Kier alpha value is -2.73. The highest BCUT2D eigenvalue weighted by Crippen LogP contribution is 2.19. The van der Waals surface area contributed by atoms with Gasteiger partial charge in [0.15, 0.2) is 0 Å². The van der Waals surface area contributed by atoms with Gasteiger partial charge in [0.2, 0.25) is 10.5 Å². The van der Waals surface area contributed by atoms with Crippen molar-refractivity contribution in [1.29, 1.82) is 0 Å². The predicted molar refractivity (Wildman–Crippen MR) is 93.0 cm³/mol. The highest BCUT2D eigenvalue weighted by atomic mass is 32.1. The average molecular weight is 322 g/mol. The summed E-state index contributed by atoms with van der Waals surface area (Å²) in [6.45, 7) is 3.98. The molecule has 0 fully saturated rings. The van der Waals surface area contributed by atoms with E-state index in [4.69, 9.17) is 12.2 Å². The molecule has 0 saturated carbocycles. The van der Waals surface area contributed by atoms with E-state index in [-0.39, 0.29) is 5.56 Å². The van der Waals surface area contributed by atoms with E-state index in [1.54, 1.807) is 8.97 Å². The van der Waals surface area contributed by atoms with E-state index >= 15 is 0 Å². The molecule has 23 heavy (non-hydrogen) atoms. The molecule has 1 N–H and O–H groups in total. The van der Waals surface area contributed by atoms with Gasteiger partial charge in [-0.25, -0.2) is 9.67 Å². The number of H-pyrrole nitrogens is 1. The molecule has 114 valence electrons. The van der Waals surface area contributed by atoms with Gasteiger partial charge >= 0.3 is 0 Å².